The van der Waals surface area contributed by atoms with Crippen LogP contribution in [-0.2, 0) is 9.47 Å². The van der Waals surface area contributed by atoms with Gasteiger partial charge in [0, 0.05) is 19.2 Å². The summed E-state index contributed by atoms with van der Waals surface area (Å²) in [6.07, 6.45) is 4.58. The lowest BCUT2D eigenvalue weighted by Crippen LogP contribution is -2.39. The Balaban J connectivity index is 1.53. The zero-order valence-electron chi connectivity index (χ0n) is 12.3. The molecule has 4 nitrogen and oxygen atoms in total. The number of hydrogen-bond donors (Lipinski definition) is 2. The lowest BCUT2D eigenvalue weighted by atomic mass is 9.98. The smallest absolute Gasteiger partial charge is 0.0897 e. The van der Waals surface area contributed by atoms with E-state index in [1.54, 1.807) is 0 Å². The molecule has 5 unspecified atom stereocenters. The van der Waals surface area contributed by atoms with Crippen molar-refractivity contribution >= 4 is 0 Å². The zero-order valence-corrected chi connectivity index (χ0v) is 12.3. The topological polar surface area (TPSA) is 50.7 Å². The Bertz CT molecular complexity index is 256. The van der Waals surface area contributed by atoms with E-state index in [-0.39, 0.29) is 6.10 Å². The van der Waals surface area contributed by atoms with E-state index in [2.05, 4.69) is 19.2 Å². The minimum Gasteiger partial charge on any atom is -0.389 e. The van der Waals surface area contributed by atoms with Crippen LogP contribution in [0.3, 0.4) is 0 Å². The van der Waals surface area contributed by atoms with Crippen molar-refractivity contribution in [2.75, 3.05) is 26.4 Å². The molecule has 0 aromatic rings. The third-order valence-electron chi connectivity index (χ3n) is 4.72. The third-order valence-corrected chi connectivity index (χ3v) is 4.72. The molecule has 0 spiro atoms. The minimum absolute atomic E-state index is 0.246. The van der Waals surface area contributed by atoms with Crippen LogP contribution in [0.5, 0.6) is 0 Å². The number of ether oxygens (including phenoxy) is 2. The Morgan fingerprint density at radius 3 is 2.79 bits per heavy atom. The first-order valence-corrected chi connectivity index (χ1v) is 7.77. The predicted octanol–water partition coefficient (Wildman–Crippen LogP) is 1.57. The standard InChI is InChI=1S/C15H29NO3/c1-11-5-6-15(12(11)2)16-8-13(17)9-18-10-14-4-3-7-19-14/h11-17H,3-10H2,1-2H3. The normalized spacial score (nSPS) is 36.8. The van der Waals surface area contributed by atoms with Crippen molar-refractivity contribution in [3.63, 3.8) is 0 Å². The number of aliphatic hydroxyl groups is 1. The van der Waals surface area contributed by atoms with Crippen molar-refractivity contribution in [2.24, 2.45) is 11.8 Å². The van der Waals surface area contributed by atoms with E-state index in [0.717, 1.165) is 25.4 Å². The molecule has 0 aromatic heterocycles. The molecule has 2 fully saturated rings. The predicted molar refractivity (Wildman–Crippen MR) is 75.2 cm³/mol. The second-order valence-electron chi connectivity index (χ2n) is 6.25. The molecule has 0 aromatic carbocycles. The summed E-state index contributed by atoms with van der Waals surface area (Å²) < 4.78 is 11.0. The average Bonchev–Trinajstić information content (AvgIpc) is 3.00. The van der Waals surface area contributed by atoms with Gasteiger partial charge < -0.3 is 19.9 Å². The molecule has 2 N–H and O–H groups in total. The van der Waals surface area contributed by atoms with Gasteiger partial charge in [-0.05, 0) is 37.5 Å². The second-order valence-corrected chi connectivity index (χ2v) is 6.25. The number of aliphatic hydroxyl groups excluding tert-OH is 1. The van der Waals surface area contributed by atoms with Crippen LogP contribution < -0.4 is 5.32 Å². The molecular formula is C15H29NO3. The van der Waals surface area contributed by atoms with Gasteiger partial charge in [-0.3, -0.25) is 0 Å². The fourth-order valence-corrected chi connectivity index (χ4v) is 3.11. The molecule has 19 heavy (non-hydrogen) atoms. The molecule has 4 heteroatoms. The lowest BCUT2D eigenvalue weighted by Gasteiger charge is -2.22. The van der Waals surface area contributed by atoms with Gasteiger partial charge in [0.25, 0.3) is 0 Å². The molecule has 0 amide bonds. The first kappa shape index (κ1) is 15.2. The average molecular weight is 271 g/mol. The lowest BCUT2D eigenvalue weighted by molar-refractivity contribution is -0.0171. The van der Waals surface area contributed by atoms with E-state index in [4.69, 9.17) is 9.47 Å². The molecule has 1 heterocycles. The van der Waals surface area contributed by atoms with Crippen LogP contribution in [0.1, 0.15) is 39.5 Å². The minimum atomic E-state index is -0.412. The molecule has 2 rings (SSSR count). The summed E-state index contributed by atoms with van der Waals surface area (Å²) in [5.74, 6) is 1.51. The fraction of sp³-hybridized carbons (Fsp3) is 1.00. The third kappa shape index (κ3) is 4.71. The van der Waals surface area contributed by atoms with Crippen molar-refractivity contribution < 1.29 is 14.6 Å². The van der Waals surface area contributed by atoms with Gasteiger partial charge in [0.05, 0.1) is 25.4 Å². The summed E-state index contributed by atoms with van der Waals surface area (Å²) in [6, 6.07) is 0.558. The quantitative estimate of drug-likeness (QED) is 0.738. The molecule has 1 aliphatic heterocycles. The molecule has 1 aliphatic carbocycles. The van der Waals surface area contributed by atoms with Crippen LogP contribution in [0.2, 0.25) is 0 Å². The molecule has 112 valence electrons. The van der Waals surface area contributed by atoms with Gasteiger partial charge in [-0.15, -0.1) is 0 Å². The fourth-order valence-electron chi connectivity index (χ4n) is 3.11. The molecule has 2 aliphatic rings. The highest BCUT2D eigenvalue weighted by atomic mass is 16.5. The van der Waals surface area contributed by atoms with Gasteiger partial charge in [-0.25, -0.2) is 0 Å². The molecular weight excluding hydrogens is 242 g/mol. The summed E-state index contributed by atoms with van der Waals surface area (Å²) in [4.78, 5) is 0. The maximum absolute atomic E-state index is 9.91. The monoisotopic (exact) mass is 271 g/mol. The Morgan fingerprint density at radius 2 is 2.16 bits per heavy atom. The molecule has 1 saturated carbocycles. The Hall–Kier alpha value is -0.160. The maximum atomic E-state index is 9.91. The van der Waals surface area contributed by atoms with Gasteiger partial charge in [0.15, 0.2) is 0 Å². The van der Waals surface area contributed by atoms with Crippen LogP contribution >= 0.6 is 0 Å². The summed E-state index contributed by atoms with van der Waals surface area (Å²) in [7, 11) is 0. The van der Waals surface area contributed by atoms with Crippen LogP contribution in [0, 0.1) is 11.8 Å². The van der Waals surface area contributed by atoms with Gasteiger partial charge in [-0.2, -0.15) is 0 Å². The molecule has 5 atom stereocenters. The van der Waals surface area contributed by atoms with Gasteiger partial charge in [-0.1, -0.05) is 13.8 Å². The van der Waals surface area contributed by atoms with Crippen LogP contribution in [0.4, 0.5) is 0 Å². The van der Waals surface area contributed by atoms with E-state index in [0.29, 0.717) is 31.7 Å². The summed E-state index contributed by atoms with van der Waals surface area (Å²) >= 11 is 0. The molecule has 1 saturated heterocycles. The highest BCUT2D eigenvalue weighted by molar-refractivity contribution is 4.85. The molecule has 0 bridgehead atoms. The molecule has 0 radical (unpaired) electrons. The van der Waals surface area contributed by atoms with Gasteiger partial charge >= 0.3 is 0 Å². The summed E-state index contributed by atoms with van der Waals surface area (Å²) in [5.41, 5.74) is 0. The van der Waals surface area contributed by atoms with Crippen molar-refractivity contribution in [3.8, 4) is 0 Å². The van der Waals surface area contributed by atoms with Crippen molar-refractivity contribution in [2.45, 2.75) is 57.8 Å². The summed E-state index contributed by atoms with van der Waals surface area (Å²) in [5, 5.41) is 13.4. The van der Waals surface area contributed by atoms with Crippen molar-refractivity contribution in [1.29, 1.82) is 0 Å². The van der Waals surface area contributed by atoms with Crippen molar-refractivity contribution in [3.05, 3.63) is 0 Å². The first-order valence-electron chi connectivity index (χ1n) is 7.77. The summed E-state index contributed by atoms with van der Waals surface area (Å²) in [6.45, 7) is 7.13. The van der Waals surface area contributed by atoms with E-state index >= 15 is 0 Å². The highest BCUT2D eigenvalue weighted by Gasteiger charge is 2.29. The Kier molecular flexibility index (Phi) is 6.07. The van der Waals surface area contributed by atoms with E-state index < -0.39 is 6.10 Å². The number of nitrogens with one attached hydrogen (secondary N) is 1. The van der Waals surface area contributed by atoms with E-state index in [9.17, 15) is 5.11 Å². The zero-order chi connectivity index (χ0) is 13.7. The Morgan fingerprint density at radius 1 is 1.32 bits per heavy atom. The second kappa shape index (κ2) is 7.58. The van der Waals surface area contributed by atoms with Crippen LogP contribution in [-0.4, -0.2) is 49.7 Å². The first-order chi connectivity index (χ1) is 9.16. The van der Waals surface area contributed by atoms with E-state index in [1.165, 1.54) is 12.8 Å². The highest BCUT2D eigenvalue weighted by Crippen LogP contribution is 2.30. The largest absolute Gasteiger partial charge is 0.389 e. The van der Waals surface area contributed by atoms with E-state index in [1.807, 2.05) is 0 Å². The van der Waals surface area contributed by atoms with Gasteiger partial charge in [0.2, 0.25) is 0 Å². The van der Waals surface area contributed by atoms with Crippen molar-refractivity contribution in [1.82, 2.24) is 5.32 Å². The maximum Gasteiger partial charge on any atom is 0.0897 e. The SMILES string of the molecule is CC1CCC(NCC(O)COCC2CCCO2)C1C. The number of rotatable bonds is 7. The van der Waals surface area contributed by atoms with Crippen LogP contribution in [0.15, 0.2) is 0 Å². The number of hydrogen-bond acceptors (Lipinski definition) is 4. The van der Waals surface area contributed by atoms with Gasteiger partial charge in [0.1, 0.15) is 0 Å². The van der Waals surface area contributed by atoms with Crippen LogP contribution in [0.25, 0.3) is 0 Å². The Labute approximate surface area is 116 Å².